The van der Waals surface area contributed by atoms with Crippen LogP contribution in [0.15, 0.2) is 0 Å². The third-order valence-corrected chi connectivity index (χ3v) is 1.04. The van der Waals surface area contributed by atoms with Crippen molar-refractivity contribution in [2.24, 2.45) is 0 Å². The molecule has 0 aromatic heterocycles. The Morgan fingerprint density at radius 1 is 1.75 bits per heavy atom. The van der Waals surface area contributed by atoms with Crippen LogP contribution in [-0.4, -0.2) is 12.1 Å². The van der Waals surface area contributed by atoms with E-state index in [-0.39, 0.29) is 12.1 Å². The van der Waals surface area contributed by atoms with Crippen molar-refractivity contribution in [3.8, 4) is 0 Å². The number of hydrogen-bond donors (Lipinski definition) is 0. The predicted octanol–water partition coefficient (Wildman–Crippen LogP) is 0.916. The summed E-state index contributed by atoms with van der Waals surface area (Å²) in [5.41, 5.74) is 0. The average molecular weight is 113 g/mol. The SMILES string of the molecule is C[CH]C(=O)OC1CC1. The standard InChI is InChI=1S/C6H9O2/c1-2-6(7)8-5-3-4-5/h2,5H,3-4H2,1H3. The van der Waals surface area contributed by atoms with E-state index in [4.69, 9.17) is 4.74 Å². The van der Waals surface area contributed by atoms with Gasteiger partial charge in [0.05, 0.1) is 6.42 Å². The van der Waals surface area contributed by atoms with E-state index >= 15 is 0 Å². The van der Waals surface area contributed by atoms with Crippen LogP contribution in [-0.2, 0) is 9.53 Å². The molecule has 0 aliphatic heterocycles. The molecule has 1 fully saturated rings. The highest BCUT2D eigenvalue weighted by atomic mass is 16.5. The molecule has 1 rings (SSSR count). The minimum Gasteiger partial charge on any atom is -0.462 e. The second-order valence-electron chi connectivity index (χ2n) is 1.92. The molecule has 0 N–H and O–H groups in total. The van der Waals surface area contributed by atoms with Crippen molar-refractivity contribution in [3.05, 3.63) is 6.42 Å². The van der Waals surface area contributed by atoms with Crippen LogP contribution in [0.5, 0.6) is 0 Å². The topological polar surface area (TPSA) is 26.3 Å². The molecule has 0 aromatic carbocycles. The first-order valence-electron chi connectivity index (χ1n) is 2.83. The van der Waals surface area contributed by atoms with Gasteiger partial charge in [0.25, 0.3) is 0 Å². The number of rotatable bonds is 2. The summed E-state index contributed by atoms with van der Waals surface area (Å²) in [6.45, 7) is 1.69. The fourth-order valence-corrected chi connectivity index (χ4v) is 0.418. The lowest BCUT2D eigenvalue weighted by Crippen LogP contribution is -2.03. The van der Waals surface area contributed by atoms with Crippen LogP contribution in [0.3, 0.4) is 0 Å². The highest BCUT2D eigenvalue weighted by Crippen LogP contribution is 2.23. The van der Waals surface area contributed by atoms with Crippen LogP contribution in [0.25, 0.3) is 0 Å². The van der Waals surface area contributed by atoms with Gasteiger partial charge in [0.1, 0.15) is 6.10 Å². The number of ether oxygens (including phenoxy) is 1. The van der Waals surface area contributed by atoms with Crippen molar-refractivity contribution in [3.63, 3.8) is 0 Å². The first kappa shape index (κ1) is 5.60. The third-order valence-electron chi connectivity index (χ3n) is 1.04. The zero-order chi connectivity index (χ0) is 5.98. The molecule has 1 radical (unpaired) electrons. The van der Waals surface area contributed by atoms with E-state index in [9.17, 15) is 4.79 Å². The Labute approximate surface area is 48.8 Å². The largest absolute Gasteiger partial charge is 0.462 e. The summed E-state index contributed by atoms with van der Waals surface area (Å²) in [6, 6.07) is 0. The fourth-order valence-electron chi connectivity index (χ4n) is 0.418. The maximum absolute atomic E-state index is 10.4. The van der Waals surface area contributed by atoms with Crippen molar-refractivity contribution in [2.45, 2.75) is 25.9 Å². The summed E-state index contributed by atoms with van der Waals surface area (Å²) in [4.78, 5) is 10.4. The highest BCUT2D eigenvalue weighted by Gasteiger charge is 2.24. The van der Waals surface area contributed by atoms with Gasteiger partial charge in [-0.15, -0.1) is 0 Å². The first-order valence-corrected chi connectivity index (χ1v) is 2.83. The van der Waals surface area contributed by atoms with Crippen molar-refractivity contribution in [1.82, 2.24) is 0 Å². The van der Waals surface area contributed by atoms with E-state index in [1.807, 2.05) is 0 Å². The second-order valence-corrected chi connectivity index (χ2v) is 1.92. The highest BCUT2D eigenvalue weighted by molar-refractivity contribution is 5.78. The lowest BCUT2D eigenvalue weighted by atomic mass is 10.5. The molecular formula is C6H9O2. The number of carbonyl (C=O) groups is 1. The Balaban J connectivity index is 2.07. The number of hydrogen-bond acceptors (Lipinski definition) is 2. The van der Waals surface area contributed by atoms with E-state index in [0.29, 0.717) is 0 Å². The summed E-state index contributed by atoms with van der Waals surface area (Å²) < 4.78 is 4.82. The van der Waals surface area contributed by atoms with Gasteiger partial charge in [0, 0.05) is 0 Å². The summed E-state index contributed by atoms with van der Waals surface area (Å²) in [7, 11) is 0. The summed E-state index contributed by atoms with van der Waals surface area (Å²) >= 11 is 0. The van der Waals surface area contributed by atoms with Gasteiger partial charge in [-0.25, -0.2) is 0 Å². The zero-order valence-corrected chi connectivity index (χ0v) is 4.89. The summed E-state index contributed by atoms with van der Waals surface area (Å²) in [5, 5.41) is 0. The Morgan fingerprint density at radius 3 is 2.75 bits per heavy atom. The van der Waals surface area contributed by atoms with Crippen LogP contribution >= 0.6 is 0 Å². The first-order chi connectivity index (χ1) is 3.83. The minimum absolute atomic E-state index is 0.187. The number of carbonyl (C=O) groups excluding carboxylic acids is 1. The molecule has 2 heteroatoms. The molecule has 0 spiro atoms. The minimum atomic E-state index is -0.187. The quantitative estimate of drug-likeness (QED) is 0.497. The van der Waals surface area contributed by atoms with Crippen LogP contribution in [0.1, 0.15) is 19.8 Å². The van der Waals surface area contributed by atoms with Crippen molar-refractivity contribution >= 4 is 5.97 Å². The van der Waals surface area contributed by atoms with E-state index in [2.05, 4.69) is 0 Å². The van der Waals surface area contributed by atoms with E-state index in [1.165, 1.54) is 6.42 Å². The molecule has 0 unspecified atom stereocenters. The molecule has 0 amide bonds. The average Bonchev–Trinajstić information content (AvgIpc) is 2.50. The lowest BCUT2D eigenvalue weighted by Gasteiger charge is -1.95. The van der Waals surface area contributed by atoms with Gasteiger partial charge < -0.3 is 4.74 Å². The molecule has 1 aliphatic rings. The second kappa shape index (κ2) is 2.16. The molecular weight excluding hydrogens is 104 g/mol. The van der Waals surface area contributed by atoms with E-state index in [0.717, 1.165) is 12.8 Å². The van der Waals surface area contributed by atoms with E-state index in [1.54, 1.807) is 6.92 Å². The van der Waals surface area contributed by atoms with Gasteiger partial charge in [-0.05, 0) is 12.8 Å². The lowest BCUT2D eigenvalue weighted by molar-refractivity contribution is -0.140. The maximum Gasteiger partial charge on any atom is 0.309 e. The van der Waals surface area contributed by atoms with Crippen LogP contribution in [0, 0.1) is 6.42 Å². The van der Waals surface area contributed by atoms with Crippen molar-refractivity contribution in [1.29, 1.82) is 0 Å². The third kappa shape index (κ3) is 1.52. The molecule has 0 bridgehead atoms. The Kier molecular flexibility index (Phi) is 1.51. The zero-order valence-electron chi connectivity index (χ0n) is 4.89. The summed E-state index contributed by atoms with van der Waals surface area (Å²) in [5.74, 6) is -0.187. The molecule has 0 atom stereocenters. The molecule has 0 heterocycles. The summed E-state index contributed by atoms with van der Waals surface area (Å²) in [6.07, 6.45) is 3.80. The molecule has 2 nitrogen and oxygen atoms in total. The molecule has 1 aliphatic carbocycles. The van der Waals surface area contributed by atoms with Crippen LogP contribution in [0.4, 0.5) is 0 Å². The Hall–Kier alpha value is -0.530. The van der Waals surface area contributed by atoms with Crippen LogP contribution in [0.2, 0.25) is 0 Å². The normalized spacial score (nSPS) is 18.1. The maximum atomic E-state index is 10.4. The molecule has 0 aromatic rings. The van der Waals surface area contributed by atoms with Crippen LogP contribution < -0.4 is 0 Å². The number of esters is 1. The van der Waals surface area contributed by atoms with Gasteiger partial charge >= 0.3 is 5.97 Å². The Bertz CT molecular complexity index is 94.7. The van der Waals surface area contributed by atoms with E-state index < -0.39 is 0 Å². The Morgan fingerprint density at radius 2 is 2.38 bits per heavy atom. The van der Waals surface area contributed by atoms with Gasteiger partial charge in [0.2, 0.25) is 0 Å². The molecule has 0 saturated heterocycles. The van der Waals surface area contributed by atoms with Gasteiger partial charge in [0.15, 0.2) is 0 Å². The molecule has 45 valence electrons. The van der Waals surface area contributed by atoms with Gasteiger partial charge in [-0.2, -0.15) is 0 Å². The molecule has 1 saturated carbocycles. The van der Waals surface area contributed by atoms with Gasteiger partial charge in [-0.3, -0.25) is 4.79 Å². The monoisotopic (exact) mass is 113 g/mol. The fraction of sp³-hybridized carbons (Fsp3) is 0.667. The predicted molar refractivity (Wildman–Crippen MR) is 29.1 cm³/mol. The smallest absolute Gasteiger partial charge is 0.309 e. The molecule has 8 heavy (non-hydrogen) atoms. The van der Waals surface area contributed by atoms with Crippen molar-refractivity contribution < 1.29 is 9.53 Å². The van der Waals surface area contributed by atoms with Gasteiger partial charge in [-0.1, -0.05) is 6.92 Å². The van der Waals surface area contributed by atoms with Crippen molar-refractivity contribution in [2.75, 3.05) is 0 Å².